The topological polar surface area (TPSA) is 13.1 Å². The SMILES string of the molecule is Fc1cc(C(F)(F)F)cc2oc[c]c12. The smallest absolute Gasteiger partial charge is 0.416 e. The third-order valence-corrected chi connectivity index (χ3v) is 1.77. The molecule has 1 aromatic heterocycles. The Hall–Kier alpha value is -1.52. The fraction of sp³-hybridized carbons (Fsp3) is 0.111. The second kappa shape index (κ2) is 2.73. The van der Waals surface area contributed by atoms with E-state index < -0.39 is 17.6 Å². The van der Waals surface area contributed by atoms with Crippen molar-refractivity contribution in [2.45, 2.75) is 6.18 Å². The second-order valence-corrected chi connectivity index (χ2v) is 2.71. The summed E-state index contributed by atoms with van der Waals surface area (Å²) < 4.78 is 54.2. The average molecular weight is 203 g/mol. The first-order chi connectivity index (χ1) is 6.48. The standard InChI is InChI=1S/C9H3F4O/c10-7-3-5(9(11,12)13)4-8-6(7)1-2-14-8/h2-4H. The third-order valence-electron chi connectivity index (χ3n) is 1.77. The van der Waals surface area contributed by atoms with Gasteiger partial charge in [-0.2, -0.15) is 13.2 Å². The van der Waals surface area contributed by atoms with Crippen LogP contribution in [0.5, 0.6) is 0 Å². The van der Waals surface area contributed by atoms with Crippen molar-refractivity contribution in [1.82, 2.24) is 0 Å². The summed E-state index contributed by atoms with van der Waals surface area (Å²) in [6.45, 7) is 0. The van der Waals surface area contributed by atoms with Crippen LogP contribution in [0, 0.1) is 11.9 Å². The lowest BCUT2D eigenvalue weighted by Gasteiger charge is -2.05. The molecule has 0 unspecified atom stereocenters. The van der Waals surface area contributed by atoms with E-state index in [1.807, 2.05) is 0 Å². The molecule has 2 aromatic rings. The van der Waals surface area contributed by atoms with Gasteiger partial charge in [0.1, 0.15) is 11.4 Å². The van der Waals surface area contributed by atoms with Gasteiger partial charge in [-0.25, -0.2) is 4.39 Å². The van der Waals surface area contributed by atoms with Gasteiger partial charge < -0.3 is 4.42 Å². The highest BCUT2D eigenvalue weighted by atomic mass is 19.4. The average Bonchev–Trinajstić information content (AvgIpc) is 2.50. The molecule has 0 fully saturated rings. The molecule has 0 amide bonds. The monoisotopic (exact) mass is 203 g/mol. The van der Waals surface area contributed by atoms with Crippen molar-refractivity contribution >= 4 is 11.0 Å². The van der Waals surface area contributed by atoms with Crippen LogP contribution in [0.15, 0.2) is 22.8 Å². The zero-order chi connectivity index (χ0) is 10.3. The number of alkyl halides is 3. The lowest BCUT2D eigenvalue weighted by molar-refractivity contribution is -0.137. The Bertz CT molecular complexity index is 469. The van der Waals surface area contributed by atoms with Crippen LogP contribution in [0.2, 0.25) is 0 Å². The van der Waals surface area contributed by atoms with Gasteiger partial charge in [-0.15, -0.1) is 0 Å². The molecule has 5 heteroatoms. The zero-order valence-corrected chi connectivity index (χ0v) is 6.65. The predicted octanol–water partition coefficient (Wildman–Crippen LogP) is 3.39. The fourth-order valence-electron chi connectivity index (χ4n) is 1.13. The highest BCUT2D eigenvalue weighted by molar-refractivity contribution is 5.77. The Labute approximate surface area is 75.9 Å². The van der Waals surface area contributed by atoms with Crippen molar-refractivity contribution in [1.29, 1.82) is 0 Å². The molecule has 0 N–H and O–H groups in total. The zero-order valence-electron chi connectivity index (χ0n) is 6.65. The maximum Gasteiger partial charge on any atom is 0.416 e. The minimum atomic E-state index is -4.57. The number of benzene rings is 1. The number of hydrogen-bond donors (Lipinski definition) is 0. The van der Waals surface area contributed by atoms with Gasteiger partial charge in [0.15, 0.2) is 0 Å². The number of hydrogen-bond acceptors (Lipinski definition) is 1. The van der Waals surface area contributed by atoms with E-state index in [2.05, 4.69) is 10.5 Å². The summed E-state index contributed by atoms with van der Waals surface area (Å²) in [5.74, 6) is -0.983. The molecular weight excluding hydrogens is 200 g/mol. The van der Waals surface area contributed by atoms with E-state index in [0.29, 0.717) is 6.07 Å². The highest BCUT2D eigenvalue weighted by Crippen LogP contribution is 2.32. The number of halogens is 4. The lowest BCUT2D eigenvalue weighted by atomic mass is 10.1. The second-order valence-electron chi connectivity index (χ2n) is 2.71. The summed E-state index contributed by atoms with van der Waals surface area (Å²) in [5.41, 5.74) is -1.22. The molecule has 0 spiro atoms. The van der Waals surface area contributed by atoms with Crippen LogP contribution in [0.4, 0.5) is 17.6 Å². The van der Waals surface area contributed by atoms with Crippen LogP contribution in [0.25, 0.3) is 11.0 Å². The van der Waals surface area contributed by atoms with Gasteiger partial charge in [-0.3, -0.25) is 0 Å². The molecule has 0 atom stereocenters. The molecule has 73 valence electrons. The van der Waals surface area contributed by atoms with E-state index in [9.17, 15) is 17.6 Å². The maximum absolute atomic E-state index is 13.0. The molecule has 1 heterocycles. The number of rotatable bonds is 0. The Morgan fingerprint density at radius 2 is 1.93 bits per heavy atom. The first kappa shape index (κ1) is 9.05. The van der Waals surface area contributed by atoms with Crippen LogP contribution >= 0.6 is 0 Å². The van der Waals surface area contributed by atoms with Gasteiger partial charge in [0.25, 0.3) is 0 Å². The van der Waals surface area contributed by atoms with Crippen LogP contribution in [0.3, 0.4) is 0 Å². The molecule has 1 aromatic carbocycles. The highest BCUT2D eigenvalue weighted by Gasteiger charge is 2.32. The molecule has 0 aliphatic heterocycles. The minimum absolute atomic E-state index is 0.0713. The van der Waals surface area contributed by atoms with E-state index in [1.54, 1.807) is 0 Å². The predicted molar refractivity (Wildman–Crippen MR) is 40.0 cm³/mol. The van der Waals surface area contributed by atoms with Crippen LogP contribution in [-0.2, 0) is 6.18 Å². The molecule has 0 saturated heterocycles. The maximum atomic E-state index is 13.0. The fourth-order valence-corrected chi connectivity index (χ4v) is 1.13. The molecule has 0 aliphatic rings. The normalized spacial score (nSPS) is 12.3. The summed E-state index contributed by atoms with van der Waals surface area (Å²) in [6, 6.07) is 3.53. The summed E-state index contributed by atoms with van der Waals surface area (Å²) >= 11 is 0. The van der Waals surface area contributed by atoms with Crippen LogP contribution < -0.4 is 0 Å². The van der Waals surface area contributed by atoms with Crippen LogP contribution in [0.1, 0.15) is 5.56 Å². The lowest BCUT2D eigenvalue weighted by Crippen LogP contribution is -2.05. The summed E-state index contributed by atoms with van der Waals surface area (Å²) in [5, 5.41) is -0.0713. The Morgan fingerprint density at radius 1 is 1.21 bits per heavy atom. The Balaban J connectivity index is 2.70. The van der Waals surface area contributed by atoms with Gasteiger partial charge in [0, 0.05) is 6.07 Å². The van der Waals surface area contributed by atoms with Crippen molar-refractivity contribution < 1.29 is 22.0 Å². The van der Waals surface area contributed by atoms with E-state index >= 15 is 0 Å². The molecule has 2 rings (SSSR count). The molecule has 0 aliphatic carbocycles. The van der Waals surface area contributed by atoms with E-state index in [1.165, 1.54) is 0 Å². The van der Waals surface area contributed by atoms with Gasteiger partial charge in [-0.05, 0) is 12.1 Å². The van der Waals surface area contributed by atoms with Crippen LogP contribution in [-0.4, -0.2) is 0 Å². The third kappa shape index (κ3) is 1.34. The van der Waals surface area contributed by atoms with Crippen molar-refractivity contribution in [2.75, 3.05) is 0 Å². The largest absolute Gasteiger partial charge is 0.464 e. The van der Waals surface area contributed by atoms with E-state index in [-0.39, 0.29) is 11.0 Å². The van der Waals surface area contributed by atoms with Crippen molar-refractivity contribution in [2.24, 2.45) is 0 Å². The van der Waals surface area contributed by atoms with E-state index in [0.717, 1.165) is 12.3 Å². The summed E-state index contributed by atoms with van der Waals surface area (Å²) in [6.07, 6.45) is -3.55. The van der Waals surface area contributed by atoms with Gasteiger partial charge in [-0.1, -0.05) is 0 Å². The number of fused-ring (bicyclic) bond motifs is 1. The Morgan fingerprint density at radius 3 is 2.57 bits per heavy atom. The summed E-state index contributed by atoms with van der Waals surface area (Å²) in [4.78, 5) is 0. The first-order valence-corrected chi connectivity index (χ1v) is 3.64. The summed E-state index contributed by atoms with van der Waals surface area (Å²) in [7, 11) is 0. The molecule has 1 nitrogen and oxygen atoms in total. The van der Waals surface area contributed by atoms with Crippen molar-refractivity contribution in [3.8, 4) is 0 Å². The molecular formula is C9H3F4O. The van der Waals surface area contributed by atoms with Gasteiger partial charge in [0.2, 0.25) is 0 Å². The first-order valence-electron chi connectivity index (χ1n) is 3.64. The molecule has 14 heavy (non-hydrogen) atoms. The van der Waals surface area contributed by atoms with Crippen molar-refractivity contribution in [3.05, 3.63) is 35.8 Å². The molecule has 1 radical (unpaired) electrons. The Kier molecular flexibility index (Phi) is 1.77. The van der Waals surface area contributed by atoms with Crippen molar-refractivity contribution in [3.63, 3.8) is 0 Å². The molecule has 0 saturated carbocycles. The number of furan rings is 1. The molecule has 0 bridgehead atoms. The minimum Gasteiger partial charge on any atom is -0.464 e. The van der Waals surface area contributed by atoms with Gasteiger partial charge >= 0.3 is 6.18 Å². The van der Waals surface area contributed by atoms with Gasteiger partial charge in [0.05, 0.1) is 17.2 Å². The van der Waals surface area contributed by atoms with E-state index in [4.69, 9.17) is 0 Å². The quantitative estimate of drug-likeness (QED) is 0.598.